The van der Waals surface area contributed by atoms with E-state index in [1.165, 1.54) is 42.6 Å². The summed E-state index contributed by atoms with van der Waals surface area (Å²) in [6.45, 7) is 2.36. The van der Waals surface area contributed by atoms with Crippen molar-refractivity contribution in [3.63, 3.8) is 0 Å². The first kappa shape index (κ1) is 8.22. The third kappa shape index (κ3) is 0.927. The predicted molar refractivity (Wildman–Crippen MR) is 59.4 cm³/mol. The standard InChI is InChI=1S/C13H15N/c1-13-9-5-4-8-12(13)14-11-7-3-2-6-10(11)13/h2-3,6-7H,4-5,8-9H2,1H3/t13-/m1/s1. The van der Waals surface area contributed by atoms with Crippen LogP contribution in [-0.4, -0.2) is 5.71 Å². The number of rotatable bonds is 0. The first-order chi connectivity index (χ1) is 6.81. The Morgan fingerprint density at radius 1 is 1.21 bits per heavy atom. The van der Waals surface area contributed by atoms with Gasteiger partial charge in [0.2, 0.25) is 0 Å². The third-order valence-corrected chi connectivity index (χ3v) is 3.73. The molecular formula is C13H15N. The number of hydrogen-bond acceptors (Lipinski definition) is 1. The molecule has 1 aromatic carbocycles. The summed E-state index contributed by atoms with van der Waals surface area (Å²) in [5.74, 6) is 0. The molecule has 1 heteroatoms. The number of aliphatic imine (C=N–C) groups is 1. The molecule has 0 bridgehead atoms. The van der Waals surface area contributed by atoms with Gasteiger partial charge in [0.15, 0.2) is 0 Å². The Labute approximate surface area is 84.9 Å². The first-order valence-corrected chi connectivity index (χ1v) is 5.48. The highest BCUT2D eigenvalue weighted by atomic mass is 14.8. The number of benzene rings is 1. The van der Waals surface area contributed by atoms with Crippen LogP contribution < -0.4 is 0 Å². The summed E-state index contributed by atoms with van der Waals surface area (Å²) in [4.78, 5) is 4.76. The molecule has 1 aliphatic carbocycles. The van der Waals surface area contributed by atoms with E-state index in [0.29, 0.717) is 0 Å². The first-order valence-electron chi connectivity index (χ1n) is 5.48. The summed E-state index contributed by atoms with van der Waals surface area (Å²) < 4.78 is 0. The van der Waals surface area contributed by atoms with Gasteiger partial charge in [-0.05, 0) is 30.9 Å². The molecule has 0 amide bonds. The molecule has 14 heavy (non-hydrogen) atoms. The quantitative estimate of drug-likeness (QED) is 0.585. The van der Waals surface area contributed by atoms with Crippen LogP contribution in [0.2, 0.25) is 0 Å². The lowest BCUT2D eigenvalue weighted by atomic mass is 9.71. The molecule has 1 saturated carbocycles. The van der Waals surface area contributed by atoms with Crippen molar-refractivity contribution >= 4 is 11.4 Å². The van der Waals surface area contributed by atoms with E-state index >= 15 is 0 Å². The highest BCUT2D eigenvalue weighted by Gasteiger charge is 2.39. The summed E-state index contributed by atoms with van der Waals surface area (Å²) in [6.07, 6.45) is 5.15. The Balaban J connectivity index is 2.18. The summed E-state index contributed by atoms with van der Waals surface area (Å²) >= 11 is 0. The maximum Gasteiger partial charge on any atom is 0.0670 e. The fourth-order valence-corrected chi connectivity index (χ4v) is 2.84. The molecule has 0 spiro atoms. The Kier molecular flexibility index (Phi) is 1.58. The summed E-state index contributed by atoms with van der Waals surface area (Å²) in [5, 5.41) is 0. The van der Waals surface area contributed by atoms with Gasteiger partial charge in [-0.15, -0.1) is 0 Å². The lowest BCUT2D eigenvalue weighted by Gasteiger charge is -2.31. The van der Waals surface area contributed by atoms with Crippen molar-refractivity contribution in [1.29, 1.82) is 0 Å². The van der Waals surface area contributed by atoms with Crippen LogP contribution in [0, 0.1) is 0 Å². The molecule has 0 unspecified atom stereocenters. The van der Waals surface area contributed by atoms with Crippen molar-refractivity contribution in [1.82, 2.24) is 0 Å². The van der Waals surface area contributed by atoms with E-state index in [0.717, 1.165) is 0 Å². The molecule has 0 aromatic heterocycles. The molecule has 0 saturated heterocycles. The molecule has 0 N–H and O–H groups in total. The number of para-hydroxylation sites is 1. The SMILES string of the molecule is C[C@]12CCCCC1=Nc1ccccc12. The van der Waals surface area contributed by atoms with Gasteiger partial charge in [-0.3, -0.25) is 4.99 Å². The molecule has 1 fully saturated rings. The maximum absolute atomic E-state index is 4.76. The van der Waals surface area contributed by atoms with E-state index in [4.69, 9.17) is 4.99 Å². The van der Waals surface area contributed by atoms with Gasteiger partial charge in [0, 0.05) is 11.1 Å². The summed E-state index contributed by atoms with van der Waals surface area (Å²) in [7, 11) is 0. The summed E-state index contributed by atoms with van der Waals surface area (Å²) in [6, 6.07) is 8.61. The van der Waals surface area contributed by atoms with Gasteiger partial charge in [-0.2, -0.15) is 0 Å². The molecule has 72 valence electrons. The van der Waals surface area contributed by atoms with Crippen LogP contribution in [0.4, 0.5) is 5.69 Å². The van der Waals surface area contributed by atoms with Crippen LogP contribution in [-0.2, 0) is 5.41 Å². The largest absolute Gasteiger partial charge is 0.257 e. The topological polar surface area (TPSA) is 12.4 Å². The van der Waals surface area contributed by atoms with Crippen LogP contribution >= 0.6 is 0 Å². The van der Waals surface area contributed by atoms with Crippen LogP contribution in [0.25, 0.3) is 0 Å². The second-order valence-corrected chi connectivity index (χ2v) is 4.61. The van der Waals surface area contributed by atoms with Crippen LogP contribution in [0.3, 0.4) is 0 Å². The third-order valence-electron chi connectivity index (χ3n) is 3.73. The zero-order valence-electron chi connectivity index (χ0n) is 8.59. The Bertz CT molecular complexity index is 405. The molecule has 3 rings (SSSR count). The second kappa shape index (κ2) is 2.69. The smallest absolute Gasteiger partial charge is 0.0670 e. The van der Waals surface area contributed by atoms with Gasteiger partial charge in [0.05, 0.1) is 5.69 Å². The van der Waals surface area contributed by atoms with Gasteiger partial charge in [-0.25, -0.2) is 0 Å². The zero-order chi connectivity index (χ0) is 9.60. The lowest BCUT2D eigenvalue weighted by molar-refractivity contribution is 0.498. The van der Waals surface area contributed by atoms with Gasteiger partial charge in [-0.1, -0.05) is 31.5 Å². The van der Waals surface area contributed by atoms with Crippen molar-refractivity contribution in [3.8, 4) is 0 Å². The highest BCUT2D eigenvalue weighted by molar-refractivity contribution is 6.01. The van der Waals surface area contributed by atoms with Gasteiger partial charge in [0.25, 0.3) is 0 Å². The zero-order valence-corrected chi connectivity index (χ0v) is 8.59. The molecular weight excluding hydrogens is 170 g/mol. The fraction of sp³-hybridized carbons (Fsp3) is 0.462. The van der Waals surface area contributed by atoms with Gasteiger partial charge < -0.3 is 0 Å². The predicted octanol–water partition coefficient (Wildman–Crippen LogP) is 3.60. The molecule has 0 radical (unpaired) electrons. The van der Waals surface area contributed by atoms with Crippen molar-refractivity contribution < 1.29 is 0 Å². The van der Waals surface area contributed by atoms with Crippen molar-refractivity contribution in [2.24, 2.45) is 4.99 Å². The minimum Gasteiger partial charge on any atom is -0.257 e. The van der Waals surface area contributed by atoms with Crippen molar-refractivity contribution in [2.75, 3.05) is 0 Å². The minimum atomic E-state index is 0.273. The minimum absolute atomic E-state index is 0.273. The second-order valence-electron chi connectivity index (χ2n) is 4.61. The van der Waals surface area contributed by atoms with E-state index in [2.05, 4.69) is 31.2 Å². The number of fused-ring (bicyclic) bond motifs is 3. The fourth-order valence-electron chi connectivity index (χ4n) is 2.84. The van der Waals surface area contributed by atoms with Crippen LogP contribution in [0.15, 0.2) is 29.3 Å². The van der Waals surface area contributed by atoms with E-state index < -0.39 is 0 Å². The van der Waals surface area contributed by atoms with Gasteiger partial charge >= 0.3 is 0 Å². The van der Waals surface area contributed by atoms with Crippen molar-refractivity contribution in [2.45, 2.75) is 38.0 Å². The van der Waals surface area contributed by atoms with E-state index in [9.17, 15) is 0 Å². The molecule has 1 nitrogen and oxygen atoms in total. The van der Waals surface area contributed by atoms with Gasteiger partial charge in [0.1, 0.15) is 0 Å². The Hall–Kier alpha value is -1.11. The Morgan fingerprint density at radius 2 is 2.07 bits per heavy atom. The number of hydrogen-bond donors (Lipinski definition) is 0. The molecule has 1 aromatic rings. The molecule has 1 aliphatic heterocycles. The maximum atomic E-state index is 4.76. The van der Waals surface area contributed by atoms with E-state index in [1.807, 2.05) is 0 Å². The Morgan fingerprint density at radius 3 is 3.00 bits per heavy atom. The lowest BCUT2D eigenvalue weighted by Crippen LogP contribution is -2.32. The van der Waals surface area contributed by atoms with E-state index in [1.54, 1.807) is 0 Å². The molecule has 1 atom stereocenters. The molecule has 2 aliphatic rings. The highest BCUT2D eigenvalue weighted by Crippen LogP contribution is 2.46. The normalized spacial score (nSPS) is 29.4. The van der Waals surface area contributed by atoms with Crippen LogP contribution in [0.1, 0.15) is 38.2 Å². The monoisotopic (exact) mass is 185 g/mol. The number of nitrogens with zero attached hydrogens (tertiary/aromatic N) is 1. The summed E-state index contributed by atoms with van der Waals surface area (Å²) in [5.41, 5.74) is 4.36. The van der Waals surface area contributed by atoms with Crippen molar-refractivity contribution in [3.05, 3.63) is 29.8 Å². The molecule has 1 heterocycles. The van der Waals surface area contributed by atoms with Crippen LogP contribution in [0.5, 0.6) is 0 Å². The average molecular weight is 185 g/mol. The van der Waals surface area contributed by atoms with E-state index in [-0.39, 0.29) is 5.41 Å². The average Bonchev–Trinajstić information content (AvgIpc) is 2.51.